The Morgan fingerprint density at radius 3 is 2.55 bits per heavy atom. The van der Waals surface area contributed by atoms with Gasteiger partial charge in [0, 0.05) is 17.2 Å². The standard InChI is InChI=1S/C18H25NO3/c1-13(14-9-7-6-8-10-14)19-15(11-16(20)21-5)12-22-17(19)18(2,3)4/h6-11,13,17H,12H2,1-5H3/b15-11+/t13-,17?/m0/s1. The number of hydrogen-bond acceptors (Lipinski definition) is 4. The summed E-state index contributed by atoms with van der Waals surface area (Å²) >= 11 is 0. The Morgan fingerprint density at radius 1 is 1.36 bits per heavy atom. The van der Waals surface area contributed by atoms with E-state index in [1.165, 1.54) is 18.7 Å². The quantitative estimate of drug-likeness (QED) is 0.633. The van der Waals surface area contributed by atoms with Crippen LogP contribution in [0.25, 0.3) is 0 Å². The molecule has 1 aliphatic heterocycles. The van der Waals surface area contributed by atoms with Gasteiger partial charge < -0.3 is 14.4 Å². The summed E-state index contributed by atoms with van der Waals surface area (Å²) in [5, 5.41) is 0. The van der Waals surface area contributed by atoms with Crippen molar-refractivity contribution in [2.75, 3.05) is 13.7 Å². The van der Waals surface area contributed by atoms with E-state index < -0.39 is 0 Å². The Labute approximate surface area is 132 Å². The largest absolute Gasteiger partial charge is 0.466 e. The molecule has 0 bridgehead atoms. The molecule has 2 atom stereocenters. The lowest BCUT2D eigenvalue weighted by molar-refractivity contribution is -0.135. The number of rotatable bonds is 3. The van der Waals surface area contributed by atoms with Gasteiger partial charge in [0.05, 0.1) is 19.8 Å². The molecular weight excluding hydrogens is 278 g/mol. The van der Waals surface area contributed by atoms with Crippen molar-refractivity contribution in [2.45, 2.75) is 40.0 Å². The van der Waals surface area contributed by atoms with Gasteiger partial charge in [0.15, 0.2) is 0 Å². The molecule has 0 saturated carbocycles. The van der Waals surface area contributed by atoms with E-state index >= 15 is 0 Å². The maximum absolute atomic E-state index is 11.6. The minimum absolute atomic E-state index is 0.0608. The number of carbonyl (C=O) groups excluding carboxylic acids is 1. The number of hydrogen-bond donors (Lipinski definition) is 0. The van der Waals surface area contributed by atoms with Crippen LogP contribution < -0.4 is 0 Å². The van der Waals surface area contributed by atoms with Crippen LogP contribution in [0.2, 0.25) is 0 Å². The maximum atomic E-state index is 11.6. The van der Waals surface area contributed by atoms with E-state index in [1.807, 2.05) is 18.2 Å². The Bertz CT molecular complexity index is 545. The topological polar surface area (TPSA) is 38.8 Å². The van der Waals surface area contributed by atoms with Crippen molar-refractivity contribution in [3.05, 3.63) is 47.7 Å². The normalized spacial score (nSPS) is 22.0. The van der Waals surface area contributed by atoms with Gasteiger partial charge in [-0.15, -0.1) is 0 Å². The first-order chi connectivity index (χ1) is 10.3. The molecule has 22 heavy (non-hydrogen) atoms. The molecule has 0 amide bonds. The molecule has 0 radical (unpaired) electrons. The molecule has 1 saturated heterocycles. The van der Waals surface area contributed by atoms with E-state index in [0.29, 0.717) is 6.61 Å². The fraction of sp³-hybridized carbons (Fsp3) is 0.500. The van der Waals surface area contributed by atoms with Gasteiger partial charge in [-0.3, -0.25) is 0 Å². The molecule has 120 valence electrons. The van der Waals surface area contributed by atoms with E-state index in [2.05, 4.69) is 44.7 Å². The predicted molar refractivity (Wildman–Crippen MR) is 86.0 cm³/mol. The van der Waals surface area contributed by atoms with Gasteiger partial charge >= 0.3 is 5.97 Å². The summed E-state index contributed by atoms with van der Waals surface area (Å²) in [7, 11) is 1.39. The van der Waals surface area contributed by atoms with Crippen LogP contribution in [0, 0.1) is 5.41 Å². The lowest BCUT2D eigenvalue weighted by Crippen LogP contribution is -2.41. The zero-order valence-corrected chi connectivity index (χ0v) is 14.0. The summed E-state index contributed by atoms with van der Waals surface area (Å²) in [5.41, 5.74) is 2.00. The van der Waals surface area contributed by atoms with Crippen molar-refractivity contribution >= 4 is 5.97 Å². The highest BCUT2D eigenvalue weighted by Gasteiger charge is 2.40. The Hall–Kier alpha value is -1.81. The fourth-order valence-electron chi connectivity index (χ4n) is 2.79. The highest BCUT2D eigenvalue weighted by Crippen LogP contribution is 2.39. The van der Waals surface area contributed by atoms with Gasteiger partial charge in [0.2, 0.25) is 0 Å². The van der Waals surface area contributed by atoms with E-state index in [-0.39, 0.29) is 23.7 Å². The second kappa shape index (κ2) is 6.53. The molecule has 1 heterocycles. The first-order valence-electron chi connectivity index (χ1n) is 7.58. The molecule has 1 unspecified atom stereocenters. The Balaban J connectivity index is 2.38. The van der Waals surface area contributed by atoms with Gasteiger partial charge in [-0.1, -0.05) is 51.1 Å². The average Bonchev–Trinajstić information content (AvgIpc) is 2.91. The molecule has 0 spiro atoms. The molecule has 1 aliphatic rings. The van der Waals surface area contributed by atoms with Crippen LogP contribution in [0.5, 0.6) is 0 Å². The molecule has 1 aromatic rings. The van der Waals surface area contributed by atoms with Gasteiger partial charge in [-0.05, 0) is 12.5 Å². The maximum Gasteiger partial charge on any atom is 0.332 e. The summed E-state index contributed by atoms with van der Waals surface area (Å²) < 4.78 is 10.7. The lowest BCUT2D eigenvalue weighted by Gasteiger charge is -2.39. The van der Waals surface area contributed by atoms with Crippen LogP contribution in [0.15, 0.2) is 42.1 Å². The van der Waals surface area contributed by atoms with E-state index in [0.717, 1.165) is 5.70 Å². The van der Waals surface area contributed by atoms with E-state index in [4.69, 9.17) is 9.47 Å². The summed E-state index contributed by atoms with van der Waals surface area (Å²) in [6, 6.07) is 10.4. The van der Waals surface area contributed by atoms with Gasteiger partial charge in [0.1, 0.15) is 6.23 Å². The second-order valence-corrected chi connectivity index (χ2v) is 6.68. The lowest BCUT2D eigenvalue weighted by atomic mass is 9.92. The number of ether oxygens (including phenoxy) is 2. The van der Waals surface area contributed by atoms with Crippen molar-refractivity contribution in [3.8, 4) is 0 Å². The third kappa shape index (κ3) is 3.50. The third-order valence-electron chi connectivity index (χ3n) is 3.90. The monoisotopic (exact) mass is 303 g/mol. The minimum atomic E-state index is -0.349. The van der Waals surface area contributed by atoms with Crippen LogP contribution >= 0.6 is 0 Å². The first-order valence-corrected chi connectivity index (χ1v) is 7.58. The number of benzene rings is 1. The molecule has 1 fully saturated rings. The van der Waals surface area contributed by atoms with Crippen molar-refractivity contribution in [1.82, 2.24) is 4.90 Å². The van der Waals surface area contributed by atoms with Crippen LogP contribution in [-0.4, -0.2) is 30.8 Å². The highest BCUT2D eigenvalue weighted by atomic mass is 16.5. The molecule has 1 aromatic carbocycles. The SMILES string of the molecule is COC(=O)/C=C1\COC(C(C)(C)C)N1[C@@H](C)c1ccccc1. The predicted octanol–water partition coefficient (Wildman–Crippen LogP) is 3.51. The van der Waals surface area contributed by atoms with Gasteiger partial charge in [0.25, 0.3) is 0 Å². The molecule has 4 heteroatoms. The summed E-state index contributed by atoms with van der Waals surface area (Å²) in [6.07, 6.45) is 1.45. The van der Waals surface area contributed by atoms with Gasteiger partial charge in [-0.2, -0.15) is 0 Å². The third-order valence-corrected chi connectivity index (χ3v) is 3.90. The first kappa shape index (κ1) is 16.6. The van der Waals surface area contributed by atoms with Crippen molar-refractivity contribution in [2.24, 2.45) is 5.41 Å². The molecule has 2 rings (SSSR count). The molecule has 0 aromatic heterocycles. The van der Waals surface area contributed by atoms with Crippen molar-refractivity contribution in [1.29, 1.82) is 0 Å². The molecule has 0 N–H and O–H groups in total. The Kier molecular flexibility index (Phi) is 4.91. The highest BCUT2D eigenvalue weighted by molar-refractivity contribution is 5.82. The molecule has 4 nitrogen and oxygen atoms in total. The smallest absolute Gasteiger partial charge is 0.332 e. The van der Waals surface area contributed by atoms with E-state index in [9.17, 15) is 4.79 Å². The summed E-state index contributed by atoms with van der Waals surface area (Å²) in [5.74, 6) is -0.349. The van der Waals surface area contributed by atoms with Gasteiger partial charge in [-0.25, -0.2) is 4.79 Å². The van der Waals surface area contributed by atoms with Crippen LogP contribution in [0.1, 0.15) is 39.3 Å². The number of nitrogens with zero attached hydrogens (tertiary/aromatic N) is 1. The summed E-state index contributed by atoms with van der Waals surface area (Å²) in [6.45, 7) is 8.98. The fourth-order valence-corrected chi connectivity index (χ4v) is 2.79. The number of carbonyl (C=O) groups is 1. The number of esters is 1. The second-order valence-electron chi connectivity index (χ2n) is 6.68. The van der Waals surface area contributed by atoms with Crippen LogP contribution in [0.4, 0.5) is 0 Å². The van der Waals surface area contributed by atoms with Crippen molar-refractivity contribution in [3.63, 3.8) is 0 Å². The summed E-state index contributed by atoms with van der Waals surface area (Å²) in [4.78, 5) is 13.8. The zero-order valence-electron chi connectivity index (χ0n) is 14.0. The number of methoxy groups -OCH3 is 1. The average molecular weight is 303 g/mol. The zero-order chi connectivity index (χ0) is 16.3. The van der Waals surface area contributed by atoms with Crippen LogP contribution in [0.3, 0.4) is 0 Å². The minimum Gasteiger partial charge on any atom is -0.466 e. The van der Waals surface area contributed by atoms with E-state index in [1.54, 1.807) is 0 Å². The molecule has 0 aliphatic carbocycles. The molecular formula is C18H25NO3. The van der Waals surface area contributed by atoms with Crippen LogP contribution in [-0.2, 0) is 14.3 Å². The Morgan fingerprint density at radius 2 is 2.00 bits per heavy atom. The van der Waals surface area contributed by atoms with Crippen molar-refractivity contribution < 1.29 is 14.3 Å².